The van der Waals surface area contributed by atoms with Crippen LogP contribution in [-0.4, -0.2) is 17.3 Å². The molecule has 5 heteroatoms. The second-order valence-corrected chi connectivity index (χ2v) is 6.72. The van der Waals surface area contributed by atoms with Crippen LogP contribution in [-0.2, 0) is 22.3 Å². The molecule has 128 valence electrons. The fourth-order valence-electron chi connectivity index (χ4n) is 4.06. The molecule has 1 aromatic rings. The molecular formula is C18H23F3O2. The van der Waals surface area contributed by atoms with Crippen LogP contribution in [0.15, 0.2) is 24.3 Å². The first-order chi connectivity index (χ1) is 10.8. The Bertz CT molecular complexity index is 572. The first-order valence-corrected chi connectivity index (χ1v) is 8.31. The maximum Gasteiger partial charge on any atom is 0.416 e. The minimum Gasteiger partial charge on any atom is -0.370 e. The lowest BCUT2D eigenvalue weighted by atomic mass is 9.77. The Morgan fingerprint density at radius 2 is 1.91 bits per heavy atom. The summed E-state index contributed by atoms with van der Waals surface area (Å²) in [5.41, 5.74) is -0.868. The average molecular weight is 328 g/mol. The zero-order chi connectivity index (χ0) is 16.7. The Balaban J connectivity index is 1.75. The van der Waals surface area contributed by atoms with Crippen molar-refractivity contribution in [3.63, 3.8) is 0 Å². The summed E-state index contributed by atoms with van der Waals surface area (Å²) in [5.74, 6) is 0. The molecule has 0 aromatic heterocycles. The maximum absolute atomic E-state index is 13.1. The van der Waals surface area contributed by atoms with E-state index in [2.05, 4.69) is 13.8 Å². The number of ether oxygens (including phenoxy) is 2. The summed E-state index contributed by atoms with van der Waals surface area (Å²) in [5, 5.41) is 0. The summed E-state index contributed by atoms with van der Waals surface area (Å²) in [6.07, 6.45) is 0.0272. The minimum absolute atomic E-state index is 0.0226. The highest BCUT2D eigenvalue weighted by Crippen LogP contribution is 2.55. The van der Waals surface area contributed by atoms with Gasteiger partial charge in [-0.25, -0.2) is 0 Å². The van der Waals surface area contributed by atoms with Crippen LogP contribution in [0.2, 0.25) is 0 Å². The van der Waals surface area contributed by atoms with E-state index >= 15 is 0 Å². The normalized spacial score (nSPS) is 33.3. The van der Waals surface area contributed by atoms with Crippen LogP contribution in [0.5, 0.6) is 0 Å². The molecule has 2 heterocycles. The molecule has 0 spiro atoms. The van der Waals surface area contributed by atoms with Gasteiger partial charge in [-0.1, -0.05) is 32.0 Å². The summed E-state index contributed by atoms with van der Waals surface area (Å²) >= 11 is 0. The smallest absolute Gasteiger partial charge is 0.370 e. The lowest BCUT2D eigenvalue weighted by Crippen LogP contribution is -2.39. The summed E-state index contributed by atoms with van der Waals surface area (Å²) in [4.78, 5) is 0. The Hall–Kier alpha value is -1.07. The van der Waals surface area contributed by atoms with Crippen LogP contribution in [0, 0.1) is 0 Å². The van der Waals surface area contributed by atoms with E-state index < -0.39 is 11.7 Å². The van der Waals surface area contributed by atoms with Crippen molar-refractivity contribution in [3.8, 4) is 0 Å². The monoisotopic (exact) mass is 328 g/mol. The molecule has 1 aromatic carbocycles. The van der Waals surface area contributed by atoms with E-state index in [9.17, 15) is 13.2 Å². The van der Waals surface area contributed by atoms with Crippen LogP contribution in [0.3, 0.4) is 0 Å². The second kappa shape index (κ2) is 5.78. The number of hydrogen-bond donors (Lipinski definition) is 0. The average Bonchev–Trinajstić information content (AvgIpc) is 3.07. The Morgan fingerprint density at radius 3 is 2.57 bits per heavy atom. The standard InChI is InChI=1S/C18H23F3O2/c1-3-16-9-10-17(4-2,23-16)15(11-16)22-12-13-7-5-6-8-14(13)18(19,20)21/h5-8,15H,3-4,9-12H2,1-2H3. The SMILES string of the molecule is CCC12CCC(CC)(O1)C(OCc1ccccc1C(F)(F)F)C2. The number of halogens is 3. The highest BCUT2D eigenvalue weighted by molar-refractivity contribution is 5.29. The van der Waals surface area contributed by atoms with Crippen LogP contribution < -0.4 is 0 Å². The molecule has 2 bridgehead atoms. The summed E-state index contributed by atoms with van der Waals surface area (Å²) in [6, 6.07) is 5.63. The molecule has 2 fully saturated rings. The second-order valence-electron chi connectivity index (χ2n) is 6.72. The molecule has 2 saturated heterocycles. The molecule has 0 radical (unpaired) electrons. The summed E-state index contributed by atoms with van der Waals surface area (Å²) in [6.45, 7) is 4.15. The van der Waals surface area contributed by atoms with Gasteiger partial charge in [0.15, 0.2) is 0 Å². The van der Waals surface area contributed by atoms with E-state index in [4.69, 9.17) is 9.47 Å². The van der Waals surface area contributed by atoms with Crippen molar-refractivity contribution in [3.05, 3.63) is 35.4 Å². The molecule has 0 N–H and O–H groups in total. The Labute approximate surface area is 135 Å². The van der Waals surface area contributed by atoms with E-state index in [-0.39, 0.29) is 29.5 Å². The van der Waals surface area contributed by atoms with E-state index in [0.717, 1.165) is 38.2 Å². The molecule has 0 saturated carbocycles. The van der Waals surface area contributed by atoms with Crippen molar-refractivity contribution in [1.82, 2.24) is 0 Å². The first kappa shape index (κ1) is 16.8. The predicted molar refractivity (Wildman–Crippen MR) is 81.0 cm³/mol. The summed E-state index contributed by atoms with van der Waals surface area (Å²) < 4.78 is 51.5. The molecule has 2 aliphatic rings. The number of fused-ring (bicyclic) bond motifs is 2. The van der Waals surface area contributed by atoms with Crippen molar-refractivity contribution in [2.24, 2.45) is 0 Å². The van der Waals surface area contributed by atoms with Gasteiger partial charge >= 0.3 is 6.18 Å². The van der Waals surface area contributed by atoms with E-state index in [1.54, 1.807) is 6.07 Å². The number of hydrogen-bond acceptors (Lipinski definition) is 2. The molecular weight excluding hydrogens is 305 g/mol. The van der Waals surface area contributed by atoms with Gasteiger partial charge in [-0.05, 0) is 37.3 Å². The van der Waals surface area contributed by atoms with E-state index in [0.29, 0.717) is 0 Å². The van der Waals surface area contributed by atoms with Gasteiger partial charge < -0.3 is 9.47 Å². The Kier molecular flexibility index (Phi) is 4.21. The van der Waals surface area contributed by atoms with Crippen LogP contribution >= 0.6 is 0 Å². The molecule has 3 rings (SSSR count). The van der Waals surface area contributed by atoms with Crippen molar-refractivity contribution in [2.75, 3.05) is 0 Å². The van der Waals surface area contributed by atoms with Gasteiger partial charge in [0, 0.05) is 6.42 Å². The molecule has 23 heavy (non-hydrogen) atoms. The lowest BCUT2D eigenvalue weighted by molar-refractivity contribution is -0.140. The zero-order valence-electron chi connectivity index (χ0n) is 13.6. The number of benzene rings is 1. The number of rotatable bonds is 5. The third kappa shape index (κ3) is 2.89. The van der Waals surface area contributed by atoms with Gasteiger partial charge in [0.05, 0.1) is 29.5 Å². The van der Waals surface area contributed by atoms with Gasteiger partial charge in [0.25, 0.3) is 0 Å². The predicted octanol–water partition coefficient (Wildman–Crippen LogP) is 5.10. The van der Waals surface area contributed by atoms with Crippen LogP contribution in [0.25, 0.3) is 0 Å². The first-order valence-electron chi connectivity index (χ1n) is 8.31. The van der Waals surface area contributed by atoms with Gasteiger partial charge in [0.2, 0.25) is 0 Å². The molecule has 3 unspecified atom stereocenters. The van der Waals surface area contributed by atoms with Crippen LogP contribution in [0.4, 0.5) is 13.2 Å². The topological polar surface area (TPSA) is 18.5 Å². The minimum atomic E-state index is -4.35. The zero-order valence-corrected chi connectivity index (χ0v) is 13.6. The highest BCUT2D eigenvalue weighted by atomic mass is 19.4. The summed E-state index contributed by atoms with van der Waals surface area (Å²) in [7, 11) is 0. The quantitative estimate of drug-likeness (QED) is 0.748. The van der Waals surface area contributed by atoms with Crippen molar-refractivity contribution >= 4 is 0 Å². The third-order valence-electron chi connectivity index (χ3n) is 5.57. The fraction of sp³-hybridized carbons (Fsp3) is 0.667. The number of alkyl halides is 3. The molecule has 0 aliphatic carbocycles. The highest BCUT2D eigenvalue weighted by Gasteiger charge is 2.60. The Morgan fingerprint density at radius 1 is 1.17 bits per heavy atom. The van der Waals surface area contributed by atoms with Gasteiger partial charge in [-0.3, -0.25) is 0 Å². The molecule has 0 amide bonds. The lowest BCUT2D eigenvalue weighted by Gasteiger charge is -2.32. The maximum atomic E-state index is 13.1. The molecule has 2 aliphatic heterocycles. The van der Waals surface area contributed by atoms with E-state index in [1.807, 2.05) is 0 Å². The van der Waals surface area contributed by atoms with Crippen molar-refractivity contribution in [1.29, 1.82) is 0 Å². The fourth-order valence-corrected chi connectivity index (χ4v) is 4.06. The van der Waals surface area contributed by atoms with E-state index in [1.165, 1.54) is 12.1 Å². The van der Waals surface area contributed by atoms with Crippen molar-refractivity contribution in [2.45, 2.75) is 76.0 Å². The molecule has 2 nitrogen and oxygen atoms in total. The van der Waals surface area contributed by atoms with Gasteiger partial charge in [-0.2, -0.15) is 13.2 Å². The molecule has 3 atom stereocenters. The third-order valence-corrected chi connectivity index (χ3v) is 5.57. The van der Waals surface area contributed by atoms with Crippen LogP contribution in [0.1, 0.15) is 57.1 Å². The largest absolute Gasteiger partial charge is 0.416 e. The van der Waals surface area contributed by atoms with Crippen molar-refractivity contribution < 1.29 is 22.6 Å². The van der Waals surface area contributed by atoms with Gasteiger partial charge in [0.1, 0.15) is 0 Å². The van der Waals surface area contributed by atoms with Gasteiger partial charge in [-0.15, -0.1) is 0 Å².